The highest BCUT2D eigenvalue weighted by atomic mass is 16.5. The average molecular weight is 250 g/mol. The average Bonchev–Trinajstić information content (AvgIpc) is 2.86. The van der Waals surface area contributed by atoms with E-state index in [1.54, 1.807) is 7.11 Å². The summed E-state index contributed by atoms with van der Waals surface area (Å²) in [6.07, 6.45) is 0.706. The van der Waals surface area contributed by atoms with Gasteiger partial charge in [0.05, 0.1) is 13.2 Å². The zero-order chi connectivity index (χ0) is 13.0. The third-order valence-electron chi connectivity index (χ3n) is 3.59. The molecule has 1 fully saturated rings. The normalized spacial score (nSPS) is 22.1. The molecule has 2 atom stereocenters. The zero-order valence-electron chi connectivity index (χ0n) is 11.1. The van der Waals surface area contributed by atoms with Crippen molar-refractivity contribution in [3.63, 3.8) is 0 Å². The smallest absolute Gasteiger partial charge is 0.119 e. The fourth-order valence-corrected chi connectivity index (χ4v) is 2.43. The highest BCUT2D eigenvalue weighted by molar-refractivity contribution is 5.29. The van der Waals surface area contributed by atoms with Crippen molar-refractivity contribution in [2.45, 2.75) is 18.6 Å². The zero-order valence-corrected chi connectivity index (χ0v) is 11.1. The van der Waals surface area contributed by atoms with E-state index in [1.165, 1.54) is 0 Å². The summed E-state index contributed by atoms with van der Waals surface area (Å²) in [5.74, 6) is 0.793. The van der Waals surface area contributed by atoms with Gasteiger partial charge in [0, 0.05) is 19.1 Å². The molecule has 2 unspecified atom stereocenters. The van der Waals surface area contributed by atoms with Crippen molar-refractivity contribution in [3.8, 4) is 5.75 Å². The van der Waals surface area contributed by atoms with Gasteiger partial charge in [0.2, 0.25) is 0 Å². The first-order valence-electron chi connectivity index (χ1n) is 6.44. The minimum absolute atomic E-state index is 0.448. The molecule has 1 aliphatic rings. The Kier molecular flexibility index (Phi) is 4.58. The summed E-state index contributed by atoms with van der Waals surface area (Å²) in [6.45, 7) is 2.75. The lowest BCUT2D eigenvalue weighted by Crippen LogP contribution is -2.31. The quantitative estimate of drug-likeness (QED) is 0.819. The van der Waals surface area contributed by atoms with E-state index in [4.69, 9.17) is 4.74 Å². The topological polar surface area (TPSA) is 44.7 Å². The van der Waals surface area contributed by atoms with Crippen molar-refractivity contribution >= 4 is 0 Å². The maximum absolute atomic E-state index is 10.2. The van der Waals surface area contributed by atoms with E-state index in [9.17, 15) is 5.11 Å². The van der Waals surface area contributed by atoms with E-state index in [0.29, 0.717) is 12.6 Å². The second-order valence-electron chi connectivity index (χ2n) is 4.83. The SMILES string of the molecule is CNC1CCN(CC(O)c2cccc(OC)c2)C1. The fraction of sp³-hybridized carbons (Fsp3) is 0.571. The molecule has 0 aromatic heterocycles. The van der Waals surface area contributed by atoms with Gasteiger partial charge in [-0.25, -0.2) is 0 Å². The maximum atomic E-state index is 10.2. The molecule has 4 nitrogen and oxygen atoms in total. The lowest BCUT2D eigenvalue weighted by molar-refractivity contribution is 0.125. The molecule has 4 heteroatoms. The number of benzene rings is 1. The standard InChI is InChI=1S/C14H22N2O2/c1-15-12-6-7-16(9-12)10-14(17)11-4-3-5-13(8-11)18-2/h3-5,8,12,14-15,17H,6-7,9-10H2,1-2H3. The Morgan fingerprint density at radius 3 is 3.06 bits per heavy atom. The molecular formula is C14H22N2O2. The summed E-state index contributed by atoms with van der Waals surface area (Å²) in [6, 6.07) is 8.21. The minimum atomic E-state index is -0.448. The van der Waals surface area contributed by atoms with Crippen molar-refractivity contribution in [2.75, 3.05) is 33.8 Å². The number of likely N-dealkylation sites (N-methyl/N-ethyl adjacent to an activating group) is 1. The number of hydrogen-bond donors (Lipinski definition) is 2. The molecule has 0 aliphatic carbocycles. The Morgan fingerprint density at radius 2 is 2.39 bits per heavy atom. The molecule has 1 heterocycles. The van der Waals surface area contributed by atoms with Crippen LogP contribution in [0, 0.1) is 0 Å². The van der Waals surface area contributed by atoms with E-state index in [2.05, 4.69) is 10.2 Å². The van der Waals surface area contributed by atoms with Crippen LogP contribution in [0.15, 0.2) is 24.3 Å². The van der Waals surface area contributed by atoms with Crippen molar-refractivity contribution in [1.29, 1.82) is 0 Å². The second kappa shape index (κ2) is 6.18. The van der Waals surface area contributed by atoms with Crippen LogP contribution < -0.4 is 10.1 Å². The summed E-state index contributed by atoms with van der Waals surface area (Å²) in [5.41, 5.74) is 0.919. The predicted octanol–water partition coefficient (Wildman–Crippen LogP) is 1.02. The highest BCUT2D eigenvalue weighted by Gasteiger charge is 2.23. The van der Waals surface area contributed by atoms with E-state index in [1.807, 2.05) is 31.3 Å². The number of ether oxygens (including phenoxy) is 1. The molecule has 1 aromatic carbocycles. The van der Waals surface area contributed by atoms with Gasteiger partial charge in [-0.2, -0.15) is 0 Å². The van der Waals surface area contributed by atoms with Crippen LogP contribution in [0.2, 0.25) is 0 Å². The molecule has 0 spiro atoms. The number of aliphatic hydroxyl groups excluding tert-OH is 1. The largest absolute Gasteiger partial charge is 0.497 e. The van der Waals surface area contributed by atoms with Gasteiger partial charge in [0.15, 0.2) is 0 Å². The highest BCUT2D eigenvalue weighted by Crippen LogP contribution is 2.21. The lowest BCUT2D eigenvalue weighted by atomic mass is 10.1. The van der Waals surface area contributed by atoms with Gasteiger partial charge in [-0.05, 0) is 37.7 Å². The molecular weight excluding hydrogens is 228 g/mol. The number of rotatable bonds is 5. The first kappa shape index (κ1) is 13.3. The fourth-order valence-electron chi connectivity index (χ4n) is 2.43. The summed E-state index contributed by atoms with van der Waals surface area (Å²) >= 11 is 0. The van der Waals surface area contributed by atoms with Crippen LogP contribution in [0.5, 0.6) is 5.75 Å². The van der Waals surface area contributed by atoms with Crippen molar-refractivity contribution < 1.29 is 9.84 Å². The molecule has 1 aliphatic heterocycles. The number of hydrogen-bond acceptors (Lipinski definition) is 4. The van der Waals surface area contributed by atoms with Crippen LogP contribution in [0.3, 0.4) is 0 Å². The molecule has 18 heavy (non-hydrogen) atoms. The van der Waals surface area contributed by atoms with Gasteiger partial charge in [-0.1, -0.05) is 12.1 Å². The van der Waals surface area contributed by atoms with Crippen molar-refractivity contribution in [2.24, 2.45) is 0 Å². The number of aliphatic hydroxyl groups is 1. The summed E-state index contributed by atoms with van der Waals surface area (Å²) in [4.78, 5) is 2.30. The minimum Gasteiger partial charge on any atom is -0.497 e. The van der Waals surface area contributed by atoms with Gasteiger partial charge in [-0.15, -0.1) is 0 Å². The third-order valence-corrected chi connectivity index (χ3v) is 3.59. The Morgan fingerprint density at radius 1 is 1.56 bits per heavy atom. The number of likely N-dealkylation sites (tertiary alicyclic amines) is 1. The van der Waals surface area contributed by atoms with Crippen molar-refractivity contribution in [3.05, 3.63) is 29.8 Å². The Labute approximate surface area is 109 Å². The van der Waals surface area contributed by atoms with Crippen LogP contribution in [-0.2, 0) is 0 Å². The van der Waals surface area contributed by atoms with E-state index in [0.717, 1.165) is 30.8 Å². The van der Waals surface area contributed by atoms with Crippen LogP contribution in [0.25, 0.3) is 0 Å². The summed E-state index contributed by atoms with van der Waals surface area (Å²) < 4.78 is 5.17. The summed E-state index contributed by atoms with van der Waals surface area (Å²) in [7, 11) is 3.64. The second-order valence-corrected chi connectivity index (χ2v) is 4.83. The molecule has 1 saturated heterocycles. The Balaban J connectivity index is 1.93. The molecule has 2 rings (SSSR count). The first-order chi connectivity index (χ1) is 8.72. The van der Waals surface area contributed by atoms with Gasteiger partial charge in [-0.3, -0.25) is 4.90 Å². The van der Waals surface area contributed by atoms with E-state index >= 15 is 0 Å². The lowest BCUT2D eigenvalue weighted by Gasteiger charge is -2.20. The summed E-state index contributed by atoms with van der Waals surface area (Å²) in [5, 5.41) is 13.5. The Hall–Kier alpha value is -1.10. The van der Waals surface area contributed by atoms with Crippen LogP contribution in [-0.4, -0.2) is 49.8 Å². The number of nitrogens with one attached hydrogen (secondary N) is 1. The molecule has 100 valence electrons. The maximum Gasteiger partial charge on any atom is 0.119 e. The van der Waals surface area contributed by atoms with Crippen LogP contribution in [0.4, 0.5) is 0 Å². The van der Waals surface area contributed by atoms with Gasteiger partial charge in [0.25, 0.3) is 0 Å². The molecule has 1 aromatic rings. The third kappa shape index (κ3) is 3.22. The predicted molar refractivity (Wildman–Crippen MR) is 71.9 cm³/mol. The number of β-amino-alcohol motifs (C(OH)–C–C–N with tert-alkyl or cyclic N) is 1. The number of nitrogens with zero attached hydrogens (tertiary/aromatic N) is 1. The first-order valence-corrected chi connectivity index (χ1v) is 6.44. The molecule has 0 saturated carbocycles. The number of methoxy groups -OCH3 is 1. The van der Waals surface area contributed by atoms with Crippen molar-refractivity contribution in [1.82, 2.24) is 10.2 Å². The molecule has 0 radical (unpaired) electrons. The Bertz CT molecular complexity index is 384. The van der Waals surface area contributed by atoms with Gasteiger partial charge < -0.3 is 15.2 Å². The molecule has 0 bridgehead atoms. The molecule has 2 N–H and O–H groups in total. The van der Waals surface area contributed by atoms with Crippen LogP contribution in [0.1, 0.15) is 18.1 Å². The van der Waals surface area contributed by atoms with Gasteiger partial charge >= 0.3 is 0 Å². The molecule has 0 amide bonds. The van der Waals surface area contributed by atoms with E-state index in [-0.39, 0.29) is 0 Å². The van der Waals surface area contributed by atoms with Crippen LogP contribution >= 0.6 is 0 Å². The van der Waals surface area contributed by atoms with E-state index < -0.39 is 6.10 Å². The van der Waals surface area contributed by atoms with Gasteiger partial charge in [0.1, 0.15) is 5.75 Å². The monoisotopic (exact) mass is 250 g/mol.